The lowest BCUT2D eigenvalue weighted by Gasteiger charge is -2.06. The van der Waals surface area contributed by atoms with Gasteiger partial charge in [-0.2, -0.15) is 5.10 Å². The van der Waals surface area contributed by atoms with Gasteiger partial charge >= 0.3 is 0 Å². The van der Waals surface area contributed by atoms with Crippen molar-refractivity contribution in [1.82, 2.24) is 14.8 Å². The number of benzene rings is 1. The van der Waals surface area contributed by atoms with Crippen molar-refractivity contribution in [2.75, 3.05) is 5.73 Å². The topological polar surface area (TPSA) is 56.7 Å². The number of aromatic nitrogens is 3. The van der Waals surface area contributed by atoms with E-state index in [2.05, 4.69) is 41.9 Å². The van der Waals surface area contributed by atoms with Gasteiger partial charge in [0.1, 0.15) is 11.5 Å². The predicted octanol–water partition coefficient (Wildman–Crippen LogP) is 4.26. The SMILES string of the molecule is Cn1nc(-c2cc(Br)ccc2Br)c(-c2ccccn2)c1N. The molecule has 2 aromatic heterocycles. The fraction of sp³-hybridized carbons (Fsp3) is 0.0667. The summed E-state index contributed by atoms with van der Waals surface area (Å²) in [6.07, 6.45) is 1.75. The second-order valence-electron chi connectivity index (χ2n) is 4.57. The fourth-order valence-corrected chi connectivity index (χ4v) is 2.96. The third-order valence-corrected chi connectivity index (χ3v) is 4.38. The first-order chi connectivity index (χ1) is 10.1. The molecule has 0 atom stereocenters. The normalized spacial score (nSPS) is 10.8. The number of nitrogens with zero attached hydrogens (tertiary/aromatic N) is 3. The highest BCUT2D eigenvalue weighted by Gasteiger charge is 2.20. The maximum atomic E-state index is 6.19. The summed E-state index contributed by atoms with van der Waals surface area (Å²) < 4.78 is 3.62. The first-order valence-corrected chi connectivity index (χ1v) is 7.86. The van der Waals surface area contributed by atoms with Crippen molar-refractivity contribution < 1.29 is 0 Å². The van der Waals surface area contributed by atoms with Crippen molar-refractivity contribution in [3.05, 3.63) is 51.5 Å². The van der Waals surface area contributed by atoms with Crippen molar-refractivity contribution in [2.24, 2.45) is 7.05 Å². The van der Waals surface area contributed by atoms with Crippen LogP contribution >= 0.6 is 31.9 Å². The van der Waals surface area contributed by atoms with Gasteiger partial charge in [-0.05, 0) is 30.3 Å². The van der Waals surface area contributed by atoms with Crippen LogP contribution in [0.4, 0.5) is 5.82 Å². The lowest BCUT2D eigenvalue weighted by molar-refractivity contribution is 0.782. The third-order valence-electron chi connectivity index (χ3n) is 3.20. The van der Waals surface area contributed by atoms with E-state index < -0.39 is 0 Å². The molecule has 0 fully saturated rings. The van der Waals surface area contributed by atoms with E-state index in [1.54, 1.807) is 10.9 Å². The summed E-state index contributed by atoms with van der Waals surface area (Å²) in [4.78, 5) is 4.40. The smallest absolute Gasteiger partial charge is 0.131 e. The predicted molar refractivity (Wildman–Crippen MR) is 91.7 cm³/mol. The summed E-state index contributed by atoms with van der Waals surface area (Å²) in [5, 5.41) is 4.56. The van der Waals surface area contributed by atoms with E-state index in [0.717, 1.165) is 31.5 Å². The van der Waals surface area contributed by atoms with E-state index >= 15 is 0 Å². The molecule has 0 amide bonds. The van der Waals surface area contributed by atoms with Crippen LogP contribution < -0.4 is 5.73 Å². The molecule has 106 valence electrons. The summed E-state index contributed by atoms with van der Waals surface area (Å²) in [6.45, 7) is 0. The molecule has 0 aliphatic heterocycles. The van der Waals surface area contributed by atoms with Crippen LogP contribution in [0.1, 0.15) is 0 Å². The van der Waals surface area contributed by atoms with Gasteiger partial charge in [0.05, 0.1) is 11.3 Å². The van der Waals surface area contributed by atoms with E-state index in [9.17, 15) is 0 Å². The molecule has 2 N–H and O–H groups in total. The molecule has 1 aromatic carbocycles. The maximum absolute atomic E-state index is 6.19. The number of pyridine rings is 1. The Kier molecular flexibility index (Phi) is 3.82. The summed E-state index contributed by atoms with van der Waals surface area (Å²) in [5.41, 5.74) is 9.63. The number of rotatable bonds is 2. The quantitative estimate of drug-likeness (QED) is 0.690. The monoisotopic (exact) mass is 406 g/mol. The van der Waals surface area contributed by atoms with Gasteiger partial charge in [0, 0.05) is 27.8 Å². The molecule has 4 nitrogen and oxygen atoms in total. The lowest BCUT2D eigenvalue weighted by atomic mass is 10.0. The number of anilines is 1. The Labute approximate surface area is 139 Å². The molecule has 0 unspecified atom stereocenters. The Balaban J connectivity index is 2.29. The Hall–Kier alpha value is -1.66. The first kappa shape index (κ1) is 14.3. The first-order valence-electron chi connectivity index (χ1n) is 6.27. The molecular weight excluding hydrogens is 396 g/mol. The molecule has 0 aliphatic carbocycles. The molecule has 0 bridgehead atoms. The minimum absolute atomic E-state index is 0.593. The lowest BCUT2D eigenvalue weighted by Crippen LogP contribution is -1.98. The van der Waals surface area contributed by atoms with E-state index in [0.29, 0.717) is 5.82 Å². The zero-order valence-electron chi connectivity index (χ0n) is 11.2. The molecule has 0 spiro atoms. The average Bonchev–Trinajstić information content (AvgIpc) is 2.78. The standard InChI is InChI=1S/C15H12Br2N4/c1-21-15(18)13(12-4-2-3-7-19-12)14(20-21)10-8-9(16)5-6-11(10)17/h2-8H,18H2,1H3. The zero-order chi connectivity index (χ0) is 15.0. The van der Waals surface area contributed by atoms with Crippen LogP contribution in [0.25, 0.3) is 22.5 Å². The van der Waals surface area contributed by atoms with Crippen LogP contribution in [0, 0.1) is 0 Å². The van der Waals surface area contributed by atoms with Crippen LogP contribution in [0.5, 0.6) is 0 Å². The molecule has 3 aromatic rings. The molecule has 2 heterocycles. The highest BCUT2D eigenvalue weighted by molar-refractivity contribution is 9.11. The molecule has 0 aliphatic rings. The highest BCUT2D eigenvalue weighted by Crippen LogP contribution is 2.38. The third kappa shape index (κ3) is 2.61. The molecular formula is C15H12Br2N4. The van der Waals surface area contributed by atoms with Gasteiger partial charge in [-0.3, -0.25) is 9.67 Å². The summed E-state index contributed by atoms with van der Waals surface area (Å²) in [7, 11) is 1.83. The molecule has 3 rings (SSSR count). The van der Waals surface area contributed by atoms with Crippen molar-refractivity contribution in [3.63, 3.8) is 0 Å². The van der Waals surface area contributed by atoms with Gasteiger partial charge < -0.3 is 5.73 Å². The van der Waals surface area contributed by atoms with Gasteiger partial charge in [0.25, 0.3) is 0 Å². The van der Waals surface area contributed by atoms with Crippen LogP contribution in [-0.4, -0.2) is 14.8 Å². The number of halogens is 2. The zero-order valence-corrected chi connectivity index (χ0v) is 14.4. The van der Waals surface area contributed by atoms with E-state index in [-0.39, 0.29) is 0 Å². The maximum Gasteiger partial charge on any atom is 0.131 e. The van der Waals surface area contributed by atoms with Gasteiger partial charge in [-0.25, -0.2) is 0 Å². The van der Waals surface area contributed by atoms with E-state index in [1.165, 1.54) is 0 Å². The fourth-order valence-electron chi connectivity index (χ4n) is 2.17. The summed E-state index contributed by atoms with van der Waals surface area (Å²) in [5.74, 6) is 0.593. The van der Waals surface area contributed by atoms with E-state index in [4.69, 9.17) is 5.73 Å². The van der Waals surface area contributed by atoms with Crippen molar-refractivity contribution in [3.8, 4) is 22.5 Å². The molecule has 21 heavy (non-hydrogen) atoms. The average molecular weight is 408 g/mol. The van der Waals surface area contributed by atoms with Crippen molar-refractivity contribution in [1.29, 1.82) is 0 Å². The van der Waals surface area contributed by atoms with Crippen LogP contribution in [-0.2, 0) is 7.05 Å². The number of nitrogen functional groups attached to an aromatic ring is 1. The van der Waals surface area contributed by atoms with E-state index in [1.807, 2.05) is 43.4 Å². The Morgan fingerprint density at radius 3 is 2.67 bits per heavy atom. The highest BCUT2D eigenvalue weighted by atomic mass is 79.9. The van der Waals surface area contributed by atoms with Crippen LogP contribution in [0.3, 0.4) is 0 Å². The number of hydrogen-bond donors (Lipinski definition) is 1. The number of hydrogen-bond acceptors (Lipinski definition) is 3. The van der Waals surface area contributed by atoms with Crippen molar-refractivity contribution >= 4 is 37.7 Å². The molecule has 6 heteroatoms. The van der Waals surface area contributed by atoms with Crippen LogP contribution in [0.15, 0.2) is 51.5 Å². The Morgan fingerprint density at radius 1 is 1.14 bits per heavy atom. The number of aryl methyl sites for hydroxylation is 1. The second-order valence-corrected chi connectivity index (χ2v) is 6.34. The van der Waals surface area contributed by atoms with Crippen LogP contribution in [0.2, 0.25) is 0 Å². The Bertz CT molecular complexity index is 797. The number of nitrogens with two attached hydrogens (primary N) is 1. The second kappa shape index (κ2) is 5.61. The van der Waals surface area contributed by atoms with Gasteiger partial charge in [0.2, 0.25) is 0 Å². The molecule has 0 saturated carbocycles. The van der Waals surface area contributed by atoms with Gasteiger partial charge in [-0.15, -0.1) is 0 Å². The van der Waals surface area contributed by atoms with Crippen molar-refractivity contribution in [2.45, 2.75) is 0 Å². The Morgan fingerprint density at radius 2 is 1.95 bits per heavy atom. The van der Waals surface area contributed by atoms with Gasteiger partial charge in [0.15, 0.2) is 0 Å². The molecule has 0 radical (unpaired) electrons. The summed E-state index contributed by atoms with van der Waals surface area (Å²) in [6, 6.07) is 11.7. The molecule has 0 saturated heterocycles. The summed E-state index contributed by atoms with van der Waals surface area (Å²) >= 11 is 7.07. The minimum atomic E-state index is 0.593. The van der Waals surface area contributed by atoms with Gasteiger partial charge in [-0.1, -0.05) is 37.9 Å². The largest absolute Gasteiger partial charge is 0.383 e. The minimum Gasteiger partial charge on any atom is -0.383 e.